The molecule has 1 aromatic heterocycles. The third-order valence-corrected chi connectivity index (χ3v) is 4.46. The van der Waals surface area contributed by atoms with Crippen LogP contribution in [-0.2, 0) is 11.0 Å². The summed E-state index contributed by atoms with van der Waals surface area (Å²) in [7, 11) is 0. The normalized spacial score (nSPS) is 17.0. The van der Waals surface area contributed by atoms with Crippen LogP contribution in [-0.4, -0.2) is 29.4 Å². The number of rotatable bonds is 3. The van der Waals surface area contributed by atoms with Crippen LogP contribution in [0.1, 0.15) is 22.3 Å². The second-order valence-electron chi connectivity index (χ2n) is 6.38. The van der Waals surface area contributed by atoms with Crippen molar-refractivity contribution in [2.24, 2.45) is 0 Å². The summed E-state index contributed by atoms with van der Waals surface area (Å²) in [5, 5.41) is 5.29. The molecule has 4 rings (SSSR count). The first-order chi connectivity index (χ1) is 13.3. The maximum atomic E-state index is 12.7. The molecule has 1 unspecified atom stereocenters. The minimum absolute atomic E-state index is 0.149. The van der Waals surface area contributed by atoms with E-state index in [1.54, 1.807) is 6.07 Å². The molecule has 0 saturated carbocycles. The van der Waals surface area contributed by atoms with Gasteiger partial charge < -0.3 is 15.1 Å². The van der Waals surface area contributed by atoms with Gasteiger partial charge in [-0.1, -0.05) is 0 Å². The molecule has 2 amide bonds. The Bertz CT molecular complexity index is 1060. The molecule has 1 atom stereocenters. The minimum Gasteiger partial charge on any atom is -0.436 e. The lowest BCUT2D eigenvalue weighted by Gasteiger charge is -2.09. The van der Waals surface area contributed by atoms with E-state index in [-0.39, 0.29) is 11.8 Å². The van der Waals surface area contributed by atoms with E-state index < -0.39 is 23.7 Å². The van der Waals surface area contributed by atoms with E-state index in [9.17, 15) is 22.8 Å². The highest BCUT2D eigenvalue weighted by Crippen LogP contribution is 2.31. The van der Waals surface area contributed by atoms with Crippen molar-refractivity contribution in [2.45, 2.75) is 18.6 Å². The van der Waals surface area contributed by atoms with E-state index in [0.29, 0.717) is 35.2 Å². The van der Waals surface area contributed by atoms with Crippen LogP contribution in [0.15, 0.2) is 46.9 Å². The van der Waals surface area contributed by atoms with Gasteiger partial charge in [-0.3, -0.25) is 9.59 Å². The van der Waals surface area contributed by atoms with Gasteiger partial charge in [-0.25, -0.2) is 4.98 Å². The van der Waals surface area contributed by atoms with E-state index >= 15 is 0 Å². The largest absolute Gasteiger partial charge is 0.436 e. The summed E-state index contributed by atoms with van der Waals surface area (Å²) in [6.07, 6.45) is -3.90. The number of fused-ring (bicyclic) bond motifs is 1. The Labute approximate surface area is 156 Å². The maximum Gasteiger partial charge on any atom is 0.416 e. The van der Waals surface area contributed by atoms with Crippen LogP contribution in [0, 0.1) is 0 Å². The summed E-state index contributed by atoms with van der Waals surface area (Å²) in [6, 6.07) is 8.49. The Morgan fingerprint density at radius 1 is 1.18 bits per heavy atom. The maximum absolute atomic E-state index is 12.7. The summed E-state index contributed by atoms with van der Waals surface area (Å²) in [6.45, 7) is 0.516. The SMILES string of the molecule is O=C(NC1CCNC1=O)c1ccc2oc(-c3ccc(C(F)(F)F)cc3)nc2c1. The Morgan fingerprint density at radius 2 is 1.93 bits per heavy atom. The molecule has 0 radical (unpaired) electrons. The molecular weight excluding hydrogens is 375 g/mol. The molecule has 2 N–H and O–H groups in total. The van der Waals surface area contributed by atoms with Gasteiger partial charge in [-0.15, -0.1) is 0 Å². The van der Waals surface area contributed by atoms with Gasteiger partial charge >= 0.3 is 6.18 Å². The third-order valence-electron chi connectivity index (χ3n) is 4.46. The van der Waals surface area contributed by atoms with E-state index in [4.69, 9.17) is 4.42 Å². The van der Waals surface area contributed by atoms with E-state index in [0.717, 1.165) is 12.1 Å². The number of hydrogen-bond acceptors (Lipinski definition) is 4. The van der Waals surface area contributed by atoms with Gasteiger partial charge in [-0.05, 0) is 48.9 Å². The van der Waals surface area contributed by atoms with Crippen molar-refractivity contribution in [3.63, 3.8) is 0 Å². The van der Waals surface area contributed by atoms with E-state index in [1.165, 1.54) is 24.3 Å². The lowest BCUT2D eigenvalue weighted by atomic mass is 10.1. The quantitative estimate of drug-likeness (QED) is 0.721. The van der Waals surface area contributed by atoms with Crippen molar-refractivity contribution in [1.29, 1.82) is 0 Å². The first-order valence-electron chi connectivity index (χ1n) is 8.48. The van der Waals surface area contributed by atoms with Crippen LogP contribution in [0.4, 0.5) is 13.2 Å². The topological polar surface area (TPSA) is 84.2 Å². The van der Waals surface area contributed by atoms with E-state index in [2.05, 4.69) is 15.6 Å². The molecule has 6 nitrogen and oxygen atoms in total. The smallest absolute Gasteiger partial charge is 0.416 e. The predicted molar refractivity (Wildman–Crippen MR) is 93.3 cm³/mol. The Kier molecular flexibility index (Phi) is 4.29. The first-order valence-corrected chi connectivity index (χ1v) is 8.48. The number of amides is 2. The van der Waals surface area contributed by atoms with Crippen molar-refractivity contribution >= 4 is 22.9 Å². The molecule has 2 aromatic carbocycles. The molecule has 2 heterocycles. The lowest BCUT2D eigenvalue weighted by molar-refractivity contribution is -0.137. The van der Waals surface area contributed by atoms with Crippen molar-refractivity contribution in [1.82, 2.24) is 15.6 Å². The van der Waals surface area contributed by atoms with Gasteiger partial charge in [0, 0.05) is 17.7 Å². The van der Waals surface area contributed by atoms with Gasteiger partial charge in [0.1, 0.15) is 11.6 Å². The molecule has 1 fully saturated rings. The third kappa shape index (κ3) is 3.42. The monoisotopic (exact) mass is 389 g/mol. The van der Waals surface area contributed by atoms with Crippen molar-refractivity contribution < 1.29 is 27.2 Å². The number of nitrogens with zero attached hydrogens (tertiary/aromatic N) is 1. The highest BCUT2D eigenvalue weighted by Gasteiger charge is 2.30. The molecule has 1 saturated heterocycles. The summed E-state index contributed by atoms with van der Waals surface area (Å²) in [4.78, 5) is 28.2. The van der Waals surface area contributed by atoms with Crippen LogP contribution in [0.5, 0.6) is 0 Å². The van der Waals surface area contributed by atoms with E-state index in [1.807, 2.05) is 0 Å². The molecule has 0 aliphatic carbocycles. The number of aromatic nitrogens is 1. The summed E-state index contributed by atoms with van der Waals surface area (Å²) < 4.78 is 43.6. The fourth-order valence-electron chi connectivity index (χ4n) is 2.97. The number of nitrogens with one attached hydrogen (secondary N) is 2. The molecular formula is C19H14F3N3O3. The van der Waals surface area contributed by atoms with Crippen molar-refractivity contribution in [3.8, 4) is 11.5 Å². The molecule has 28 heavy (non-hydrogen) atoms. The molecule has 0 bridgehead atoms. The number of carbonyl (C=O) groups is 2. The second-order valence-corrected chi connectivity index (χ2v) is 6.38. The van der Waals surface area contributed by atoms with Gasteiger partial charge in [0.15, 0.2) is 5.58 Å². The molecule has 1 aliphatic rings. The zero-order valence-electron chi connectivity index (χ0n) is 14.3. The highest BCUT2D eigenvalue weighted by atomic mass is 19.4. The van der Waals surface area contributed by atoms with Gasteiger partial charge in [0.25, 0.3) is 5.91 Å². The lowest BCUT2D eigenvalue weighted by Crippen LogP contribution is -2.40. The van der Waals surface area contributed by atoms with Gasteiger partial charge in [-0.2, -0.15) is 13.2 Å². The Hall–Kier alpha value is -3.36. The van der Waals surface area contributed by atoms with Crippen LogP contribution in [0.25, 0.3) is 22.6 Å². The summed E-state index contributed by atoms with van der Waals surface area (Å²) in [5.74, 6) is -0.486. The van der Waals surface area contributed by atoms with Crippen LogP contribution < -0.4 is 10.6 Å². The number of benzene rings is 2. The Morgan fingerprint density at radius 3 is 2.57 bits per heavy atom. The highest BCUT2D eigenvalue weighted by molar-refractivity contribution is 6.00. The second kappa shape index (κ2) is 6.66. The summed E-state index contributed by atoms with van der Waals surface area (Å²) >= 11 is 0. The fourth-order valence-corrected chi connectivity index (χ4v) is 2.97. The molecule has 1 aliphatic heterocycles. The van der Waals surface area contributed by atoms with Gasteiger partial charge in [0.2, 0.25) is 11.8 Å². The predicted octanol–water partition coefficient (Wildman–Crippen LogP) is 3.13. The standard InChI is InChI=1S/C19H14F3N3O3/c20-19(21,22)12-4-1-10(2-5-12)18-25-14-9-11(3-6-15(14)28-18)16(26)24-13-7-8-23-17(13)27/h1-6,9,13H,7-8H2,(H,23,27)(H,24,26). The average Bonchev–Trinajstić information content (AvgIpc) is 3.26. The number of carbonyl (C=O) groups excluding carboxylic acids is 2. The number of alkyl halides is 3. The molecule has 3 aromatic rings. The number of halogens is 3. The first kappa shape index (κ1) is 18.0. The van der Waals surface area contributed by atoms with Crippen molar-refractivity contribution in [2.75, 3.05) is 6.54 Å². The summed E-state index contributed by atoms with van der Waals surface area (Å²) in [5.41, 5.74) is 0.711. The average molecular weight is 389 g/mol. The van der Waals surface area contributed by atoms with Gasteiger partial charge in [0.05, 0.1) is 5.56 Å². The molecule has 144 valence electrons. The fraction of sp³-hybridized carbons (Fsp3) is 0.211. The number of oxazole rings is 1. The molecule has 0 spiro atoms. The van der Waals surface area contributed by atoms with Crippen LogP contribution >= 0.6 is 0 Å². The minimum atomic E-state index is -4.42. The van der Waals surface area contributed by atoms with Crippen LogP contribution in [0.3, 0.4) is 0 Å². The zero-order valence-corrected chi connectivity index (χ0v) is 14.3. The number of hydrogen-bond donors (Lipinski definition) is 2. The molecule has 9 heteroatoms. The van der Waals surface area contributed by atoms with Crippen LogP contribution in [0.2, 0.25) is 0 Å². The van der Waals surface area contributed by atoms with Crippen molar-refractivity contribution in [3.05, 3.63) is 53.6 Å². The Balaban J connectivity index is 1.58. The zero-order chi connectivity index (χ0) is 19.9.